The smallest absolute Gasteiger partial charge is 0.196 e. The van der Waals surface area contributed by atoms with E-state index in [1.807, 2.05) is 43.4 Å². The number of nitrogens with zero attached hydrogens (tertiary/aromatic N) is 6. The first kappa shape index (κ1) is 16.4. The van der Waals surface area contributed by atoms with Crippen LogP contribution in [-0.4, -0.2) is 31.8 Å². The predicted molar refractivity (Wildman–Crippen MR) is 107 cm³/mol. The van der Waals surface area contributed by atoms with Crippen LogP contribution in [0.5, 0.6) is 0 Å². The molecule has 0 aliphatic heterocycles. The summed E-state index contributed by atoms with van der Waals surface area (Å²) in [5, 5.41) is 5.16. The van der Waals surface area contributed by atoms with Crippen molar-refractivity contribution in [3.63, 3.8) is 0 Å². The lowest BCUT2D eigenvalue weighted by atomic mass is 10.1. The van der Waals surface area contributed by atoms with Gasteiger partial charge in [0.05, 0.1) is 11.7 Å². The van der Waals surface area contributed by atoms with Crippen LogP contribution in [0.2, 0.25) is 0 Å². The Hall–Kier alpha value is -3.74. The van der Waals surface area contributed by atoms with E-state index in [0.29, 0.717) is 5.58 Å². The van der Waals surface area contributed by atoms with E-state index in [1.165, 1.54) is 6.33 Å². The summed E-state index contributed by atoms with van der Waals surface area (Å²) >= 11 is 0. The molecule has 0 aliphatic rings. The van der Waals surface area contributed by atoms with Crippen LogP contribution in [-0.2, 0) is 0 Å². The maximum Gasteiger partial charge on any atom is 0.196 e. The summed E-state index contributed by atoms with van der Waals surface area (Å²) in [5.41, 5.74) is 4.49. The van der Waals surface area contributed by atoms with Crippen LogP contribution in [0.3, 0.4) is 0 Å². The lowest BCUT2D eigenvalue weighted by molar-refractivity contribution is 0.653. The summed E-state index contributed by atoms with van der Waals surface area (Å²) in [6, 6.07) is 16.3. The van der Waals surface area contributed by atoms with Crippen LogP contribution in [0.1, 0.15) is 18.5 Å². The molecule has 7 heteroatoms. The van der Waals surface area contributed by atoms with E-state index >= 15 is 0 Å². The highest BCUT2D eigenvalue weighted by Gasteiger charge is 2.20. The van der Waals surface area contributed by atoms with Crippen LogP contribution < -0.4 is 4.90 Å². The van der Waals surface area contributed by atoms with Gasteiger partial charge in [-0.2, -0.15) is 5.10 Å². The molecule has 0 fully saturated rings. The van der Waals surface area contributed by atoms with Crippen LogP contribution in [0.15, 0.2) is 71.9 Å². The summed E-state index contributed by atoms with van der Waals surface area (Å²) in [5.74, 6) is 0.772. The third-order valence-electron chi connectivity index (χ3n) is 5.11. The standard InChI is InChI=1S/C21H18N6O/c1-14(15-7-9-16(10-8-15)27-13-22-11-25-27)26(2)21-20-19(23-12-24-21)17-5-3-4-6-18(17)28-20/h3-14H,1-2H3. The lowest BCUT2D eigenvalue weighted by Crippen LogP contribution is -2.22. The molecule has 0 N–H and O–H groups in total. The molecular weight excluding hydrogens is 352 g/mol. The van der Waals surface area contributed by atoms with Gasteiger partial charge in [0.2, 0.25) is 0 Å². The van der Waals surface area contributed by atoms with E-state index in [-0.39, 0.29) is 6.04 Å². The van der Waals surface area contributed by atoms with Crippen molar-refractivity contribution in [1.29, 1.82) is 0 Å². The summed E-state index contributed by atoms with van der Waals surface area (Å²) in [7, 11) is 2.02. The maximum absolute atomic E-state index is 6.07. The van der Waals surface area contributed by atoms with Gasteiger partial charge >= 0.3 is 0 Å². The van der Waals surface area contributed by atoms with Crippen molar-refractivity contribution in [1.82, 2.24) is 24.7 Å². The molecule has 1 unspecified atom stereocenters. The normalized spacial score (nSPS) is 12.5. The number of fused-ring (bicyclic) bond motifs is 3. The molecule has 28 heavy (non-hydrogen) atoms. The highest BCUT2D eigenvalue weighted by Crippen LogP contribution is 2.34. The molecular formula is C21H18N6O. The molecule has 0 amide bonds. The molecule has 0 bridgehead atoms. The zero-order valence-electron chi connectivity index (χ0n) is 15.5. The number of anilines is 1. The van der Waals surface area contributed by atoms with Gasteiger partial charge in [-0.25, -0.2) is 19.6 Å². The Labute approximate surface area is 161 Å². The molecule has 5 aromatic rings. The largest absolute Gasteiger partial charge is 0.450 e. The Balaban J connectivity index is 1.51. The number of furan rings is 1. The van der Waals surface area contributed by atoms with Crippen LogP contribution in [0, 0.1) is 0 Å². The topological polar surface area (TPSA) is 72.9 Å². The average Bonchev–Trinajstić information content (AvgIpc) is 3.40. The van der Waals surface area contributed by atoms with Gasteiger partial charge in [0, 0.05) is 12.4 Å². The van der Waals surface area contributed by atoms with Crippen molar-refractivity contribution in [2.24, 2.45) is 0 Å². The second kappa shape index (κ2) is 6.45. The number of rotatable bonds is 4. The first-order valence-corrected chi connectivity index (χ1v) is 9.02. The van der Waals surface area contributed by atoms with Crippen LogP contribution in [0.4, 0.5) is 5.82 Å². The first-order valence-electron chi connectivity index (χ1n) is 9.02. The average molecular weight is 370 g/mol. The van der Waals surface area contributed by atoms with Crippen molar-refractivity contribution < 1.29 is 4.42 Å². The minimum atomic E-state index is 0.0936. The highest BCUT2D eigenvalue weighted by atomic mass is 16.3. The van der Waals surface area contributed by atoms with Crippen molar-refractivity contribution in [2.75, 3.05) is 11.9 Å². The van der Waals surface area contributed by atoms with Crippen LogP contribution >= 0.6 is 0 Å². The molecule has 2 aromatic carbocycles. The van der Waals surface area contributed by atoms with Gasteiger partial charge in [0.15, 0.2) is 11.4 Å². The van der Waals surface area contributed by atoms with Gasteiger partial charge in [-0.1, -0.05) is 24.3 Å². The zero-order valence-corrected chi connectivity index (χ0v) is 15.5. The van der Waals surface area contributed by atoms with Crippen molar-refractivity contribution in [3.05, 3.63) is 73.1 Å². The fourth-order valence-electron chi connectivity index (χ4n) is 3.42. The minimum absolute atomic E-state index is 0.0936. The molecule has 0 radical (unpaired) electrons. The monoisotopic (exact) mass is 370 g/mol. The predicted octanol–water partition coefficient (Wildman–Crippen LogP) is 4.15. The van der Waals surface area contributed by atoms with Gasteiger partial charge in [-0.15, -0.1) is 0 Å². The van der Waals surface area contributed by atoms with Crippen LogP contribution in [0.25, 0.3) is 27.8 Å². The molecule has 0 saturated heterocycles. The second-order valence-corrected chi connectivity index (χ2v) is 6.69. The molecule has 0 aliphatic carbocycles. The molecule has 3 aromatic heterocycles. The summed E-state index contributed by atoms with van der Waals surface area (Å²) < 4.78 is 7.81. The van der Waals surface area contributed by atoms with E-state index in [1.54, 1.807) is 17.3 Å². The van der Waals surface area contributed by atoms with Crippen molar-refractivity contribution in [3.8, 4) is 5.69 Å². The van der Waals surface area contributed by atoms with Gasteiger partial charge in [-0.3, -0.25) is 0 Å². The third-order valence-corrected chi connectivity index (χ3v) is 5.11. The number of aromatic nitrogens is 5. The SMILES string of the molecule is CC(c1ccc(-n2cncn2)cc1)N(C)c1ncnc2c1oc1ccccc12. The van der Waals surface area contributed by atoms with Crippen molar-refractivity contribution in [2.45, 2.75) is 13.0 Å². The summed E-state index contributed by atoms with van der Waals surface area (Å²) in [6.45, 7) is 2.14. The zero-order chi connectivity index (χ0) is 19.1. The van der Waals surface area contributed by atoms with E-state index < -0.39 is 0 Å². The molecule has 3 heterocycles. The fraction of sp³-hybridized carbons (Fsp3) is 0.143. The van der Waals surface area contributed by atoms with Gasteiger partial charge < -0.3 is 9.32 Å². The number of para-hydroxylation sites is 1. The summed E-state index contributed by atoms with van der Waals surface area (Å²) in [4.78, 5) is 15.0. The number of hydrogen-bond donors (Lipinski definition) is 0. The highest BCUT2D eigenvalue weighted by molar-refractivity contribution is 6.05. The molecule has 138 valence electrons. The molecule has 5 rings (SSSR count). The number of benzene rings is 2. The third kappa shape index (κ3) is 2.60. The van der Waals surface area contributed by atoms with Gasteiger partial charge in [0.1, 0.15) is 30.1 Å². The Morgan fingerprint density at radius 1 is 1.00 bits per heavy atom. The van der Waals surface area contributed by atoms with Crippen molar-refractivity contribution >= 4 is 27.9 Å². The summed E-state index contributed by atoms with van der Waals surface area (Å²) in [6.07, 6.45) is 4.80. The maximum atomic E-state index is 6.07. The molecule has 0 spiro atoms. The van der Waals surface area contributed by atoms with E-state index in [0.717, 1.165) is 33.6 Å². The molecule has 0 saturated carbocycles. The fourth-order valence-corrected chi connectivity index (χ4v) is 3.42. The Kier molecular flexibility index (Phi) is 3.79. The molecule has 7 nitrogen and oxygen atoms in total. The van der Waals surface area contributed by atoms with E-state index in [4.69, 9.17) is 4.42 Å². The Morgan fingerprint density at radius 2 is 1.82 bits per heavy atom. The van der Waals surface area contributed by atoms with Gasteiger partial charge in [-0.05, 0) is 36.8 Å². The Bertz CT molecular complexity index is 1240. The van der Waals surface area contributed by atoms with Gasteiger partial charge in [0.25, 0.3) is 0 Å². The molecule has 1 atom stereocenters. The Morgan fingerprint density at radius 3 is 2.61 bits per heavy atom. The quantitative estimate of drug-likeness (QED) is 0.473. The number of hydrogen-bond acceptors (Lipinski definition) is 6. The first-order chi connectivity index (χ1) is 13.7. The minimum Gasteiger partial charge on any atom is -0.450 e. The lowest BCUT2D eigenvalue weighted by Gasteiger charge is -2.26. The van der Waals surface area contributed by atoms with E-state index in [2.05, 4.69) is 44.0 Å². The second-order valence-electron chi connectivity index (χ2n) is 6.69. The van der Waals surface area contributed by atoms with E-state index in [9.17, 15) is 0 Å².